The van der Waals surface area contributed by atoms with Crippen LogP contribution in [0.4, 0.5) is 0 Å². The van der Waals surface area contributed by atoms with Crippen molar-refractivity contribution in [1.82, 2.24) is 19.9 Å². The van der Waals surface area contributed by atoms with E-state index in [0.29, 0.717) is 0 Å². The first-order valence-corrected chi connectivity index (χ1v) is 7.28. The van der Waals surface area contributed by atoms with Gasteiger partial charge in [0.25, 0.3) is 0 Å². The molecule has 0 bridgehead atoms. The van der Waals surface area contributed by atoms with Gasteiger partial charge in [-0.3, -0.25) is 0 Å². The Kier molecular flexibility index (Phi) is 6.60. The summed E-state index contributed by atoms with van der Waals surface area (Å²) in [5.74, 6) is 2.05. The zero-order valence-electron chi connectivity index (χ0n) is 12.6. The largest absolute Gasteiger partial charge is 2.00 e. The Balaban J connectivity index is 0.000000160. The van der Waals surface area contributed by atoms with Gasteiger partial charge in [0.15, 0.2) is 0 Å². The molecular weight excluding hydrogens is 328 g/mol. The molecule has 5 heteroatoms. The standard InChI is InChI=1S/2C9H9N2.Fe/c2*1-2-4-8(3-1)7-9-10-5-6-11-9;/h2*1-6H,7H2,(H,10,11);/q2*-1;+2. The van der Waals surface area contributed by atoms with E-state index in [1.807, 2.05) is 36.7 Å². The van der Waals surface area contributed by atoms with Crippen molar-refractivity contribution in [2.24, 2.45) is 0 Å². The van der Waals surface area contributed by atoms with Gasteiger partial charge in [-0.25, -0.2) is 34.2 Å². The van der Waals surface area contributed by atoms with Gasteiger partial charge in [-0.2, -0.15) is 35.4 Å². The molecule has 2 aromatic heterocycles. The normalized spacial score (nSPS) is 9.74. The van der Waals surface area contributed by atoms with Crippen LogP contribution in [0, 0.1) is 0 Å². The fourth-order valence-electron chi connectivity index (χ4n) is 2.24. The number of aromatic nitrogens is 4. The van der Waals surface area contributed by atoms with Crippen LogP contribution in [0.15, 0.2) is 73.3 Å². The van der Waals surface area contributed by atoms with Gasteiger partial charge < -0.3 is 9.97 Å². The van der Waals surface area contributed by atoms with Gasteiger partial charge >= 0.3 is 17.1 Å². The molecule has 0 aliphatic carbocycles. The number of nitrogens with one attached hydrogen (secondary N) is 2. The van der Waals surface area contributed by atoms with E-state index in [-0.39, 0.29) is 17.1 Å². The molecule has 0 amide bonds. The van der Waals surface area contributed by atoms with Gasteiger partial charge in [0.05, 0.1) is 11.6 Å². The summed E-state index contributed by atoms with van der Waals surface area (Å²) in [6.45, 7) is 0. The van der Waals surface area contributed by atoms with Crippen molar-refractivity contribution in [3.63, 3.8) is 0 Å². The van der Waals surface area contributed by atoms with E-state index in [1.54, 1.807) is 12.4 Å². The van der Waals surface area contributed by atoms with Crippen molar-refractivity contribution in [2.45, 2.75) is 12.8 Å². The van der Waals surface area contributed by atoms with Gasteiger partial charge in [0.2, 0.25) is 0 Å². The van der Waals surface area contributed by atoms with Crippen LogP contribution >= 0.6 is 0 Å². The fourth-order valence-corrected chi connectivity index (χ4v) is 2.24. The molecule has 4 rings (SSSR count). The third-order valence-corrected chi connectivity index (χ3v) is 3.32. The molecule has 2 N–H and O–H groups in total. The van der Waals surface area contributed by atoms with Crippen molar-refractivity contribution in [3.05, 3.63) is 96.1 Å². The molecule has 0 radical (unpaired) electrons. The quantitative estimate of drug-likeness (QED) is 0.439. The molecule has 0 spiro atoms. The van der Waals surface area contributed by atoms with E-state index in [2.05, 4.69) is 44.2 Å². The molecule has 4 nitrogen and oxygen atoms in total. The second-order valence-corrected chi connectivity index (χ2v) is 5.01. The van der Waals surface area contributed by atoms with Crippen LogP contribution in [-0.4, -0.2) is 19.9 Å². The number of hydrogen-bond acceptors (Lipinski definition) is 2. The molecule has 2 heterocycles. The van der Waals surface area contributed by atoms with E-state index in [0.717, 1.165) is 24.5 Å². The zero-order valence-corrected chi connectivity index (χ0v) is 13.7. The molecule has 4 aromatic rings. The first kappa shape index (κ1) is 17.0. The number of aromatic amines is 2. The number of imidazole rings is 2. The van der Waals surface area contributed by atoms with Gasteiger partial charge in [-0.1, -0.05) is 0 Å². The Bertz CT molecular complexity index is 592. The van der Waals surface area contributed by atoms with Crippen LogP contribution in [0.2, 0.25) is 0 Å². The topological polar surface area (TPSA) is 57.4 Å². The van der Waals surface area contributed by atoms with E-state index in [4.69, 9.17) is 0 Å². The van der Waals surface area contributed by atoms with Gasteiger partial charge in [0.1, 0.15) is 0 Å². The smallest absolute Gasteiger partial charge is 0.349 e. The molecule has 2 aromatic carbocycles. The maximum Gasteiger partial charge on any atom is 2.00 e. The maximum absolute atomic E-state index is 4.14. The monoisotopic (exact) mass is 346 g/mol. The first-order chi connectivity index (χ1) is 10.9. The summed E-state index contributed by atoms with van der Waals surface area (Å²) in [7, 11) is 0. The zero-order chi connectivity index (χ0) is 15.0. The summed E-state index contributed by atoms with van der Waals surface area (Å²) in [6, 6.07) is 16.6. The second-order valence-electron chi connectivity index (χ2n) is 5.01. The fraction of sp³-hybridized carbons (Fsp3) is 0.111. The van der Waals surface area contributed by atoms with Crippen LogP contribution in [0.1, 0.15) is 22.8 Å². The molecule has 0 saturated heterocycles. The van der Waals surface area contributed by atoms with Crippen LogP contribution in [-0.2, 0) is 29.9 Å². The van der Waals surface area contributed by atoms with Crippen molar-refractivity contribution in [1.29, 1.82) is 0 Å². The van der Waals surface area contributed by atoms with Crippen molar-refractivity contribution in [3.8, 4) is 0 Å². The SMILES string of the molecule is [Fe+2].c1cc[c-](Cc2ncc[nH]2)c1.c1cc[c-](Cc2ncc[nH]2)c1. The third-order valence-electron chi connectivity index (χ3n) is 3.32. The molecule has 0 aliphatic heterocycles. The Hall–Kier alpha value is -2.36. The molecule has 0 saturated carbocycles. The average Bonchev–Trinajstić information content (AvgIpc) is 3.31. The van der Waals surface area contributed by atoms with Crippen LogP contribution in [0.5, 0.6) is 0 Å². The maximum atomic E-state index is 4.14. The molecule has 118 valence electrons. The molecular formula is C18H18FeN4. The number of H-pyrrole nitrogens is 2. The minimum atomic E-state index is 0. The van der Waals surface area contributed by atoms with Crippen molar-refractivity contribution < 1.29 is 17.1 Å². The summed E-state index contributed by atoms with van der Waals surface area (Å²) in [4.78, 5) is 14.4. The summed E-state index contributed by atoms with van der Waals surface area (Å²) in [5, 5.41) is 0. The molecule has 0 aliphatic rings. The summed E-state index contributed by atoms with van der Waals surface area (Å²) < 4.78 is 0. The van der Waals surface area contributed by atoms with Crippen LogP contribution in [0.25, 0.3) is 0 Å². The van der Waals surface area contributed by atoms with Gasteiger partial charge in [0, 0.05) is 24.8 Å². The second kappa shape index (κ2) is 8.93. The molecule has 0 fully saturated rings. The van der Waals surface area contributed by atoms with Crippen molar-refractivity contribution in [2.75, 3.05) is 0 Å². The van der Waals surface area contributed by atoms with Crippen LogP contribution < -0.4 is 0 Å². The van der Waals surface area contributed by atoms with Crippen molar-refractivity contribution >= 4 is 0 Å². The average molecular weight is 346 g/mol. The molecule has 23 heavy (non-hydrogen) atoms. The molecule has 0 unspecified atom stereocenters. The number of rotatable bonds is 4. The summed E-state index contributed by atoms with van der Waals surface area (Å²) >= 11 is 0. The third kappa shape index (κ3) is 5.40. The van der Waals surface area contributed by atoms with E-state index in [9.17, 15) is 0 Å². The Morgan fingerprint density at radius 2 is 1.09 bits per heavy atom. The Labute approximate surface area is 146 Å². The Morgan fingerprint density at radius 3 is 1.39 bits per heavy atom. The number of nitrogens with zero attached hydrogens (tertiary/aromatic N) is 2. The van der Waals surface area contributed by atoms with E-state index in [1.165, 1.54) is 11.1 Å². The predicted octanol–water partition coefficient (Wildman–Crippen LogP) is 3.44. The number of hydrogen-bond donors (Lipinski definition) is 2. The summed E-state index contributed by atoms with van der Waals surface area (Å²) in [6.07, 6.45) is 9.05. The van der Waals surface area contributed by atoms with Gasteiger partial charge in [-0.05, 0) is 12.8 Å². The van der Waals surface area contributed by atoms with E-state index < -0.39 is 0 Å². The van der Waals surface area contributed by atoms with Gasteiger partial charge in [-0.15, -0.1) is 0 Å². The Morgan fingerprint density at radius 1 is 0.696 bits per heavy atom. The minimum Gasteiger partial charge on any atom is -0.349 e. The summed E-state index contributed by atoms with van der Waals surface area (Å²) in [5.41, 5.74) is 2.61. The predicted molar refractivity (Wildman–Crippen MR) is 86.9 cm³/mol. The minimum absolute atomic E-state index is 0. The first-order valence-electron chi connectivity index (χ1n) is 7.28. The van der Waals surface area contributed by atoms with Crippen LogP contribution in [0.3, 0.4) is 0 Å². The molecule has 0 atom stereocenters. The van der Waals surface area contributed by atoms with E-state index >= 15 is 0 Å².